The minimum atomic E-state index is -0.954. The molecule has 2 heteroatoms. The predicted molar refractivity (Wildman–Crippen MR) is 79.8 cm³/mol. The van der Waals surface area contributed by atoms with E-state index in [1.165, 1.54) is 0 Å². The second-order valence-electron chi connectivity index (χ2n) is 5.42. The zero-order valence-electron chi connectivity index (χ0n) is 11.8. The topological polar surface area (TPSA) is 29.5 Å². The molecule has 0 aliphatic heterocycles. The summed E-state index contributed by atoms with van der Waals surface area (Å²) in [6.07, 6.45) is 3.28. The van der Waals surface area contributed by atoms with Crippen LogP contribution in [0.5, 0.6) is 5.75 Å². The lowest BCUT2D eigenvalue weighted by Gasteiger charge is -2.28. The second-order valence-corrected chi connectivity index (χ2v) is 5.42. The fourth-order valence-electron chi connectivity index (χ4n) is 2.49. The van der Waals surface area contributed by atoms with E-state index in [0.717, 1.165) is 29.7 Å². The van der Waals surface area contributed by atoms with Gasteiger partial charge in [-0.2, -0.15) is 0 Å². The summed E-state index contributed by atoms with van der Waals surface area (Å²) in [5.74, 6) is 0.854. The van der Waals surface area contributed by atoms with Crippen LogP contribution in [0, 0.1) is 0 Å². The highest BCUT2D eigenvalue weighted by atomic mass is 16.5. The van der Waals surface area contributed by atoms with Crippen molar-refractivity contribution in [2.24, 2.45) is 0 Å². The lowest BCUT2D eigenvalue weighted by Crippen LogP contribution is -2.26. The third-order valence-corrected chi connectivity index (χ3v) is 3.90. The molecule has 0 heterocycles. The van der Waals surface area contributed by atoms with Gasteiger partial charge in [-0.25, -0.2) is 0 Å². The van der Waals surface area contributed by atoms with Gasteiger partial charge in [0.2, 0.25) is 0 Å². The lowest BCUT2D eigenvalue weighted by molar-refractivity contribution is 0.0761. The maximum atomic E-state index is 11.1. The molecular weight excluding hydrogens is 248 g/mol. The van der Waals surface area contributed by atoms with Crippen LogP contribution < -0.4 is 4.74 Å². The monoisotopic (exact) mass is 268 g/mol. The van der Waals surface area contributed by atoms with Crippen LogP contribution in [-0.2, 0) is 5.60 Å². The van der Waals surface area contributed by atoms with E-state index in [1.54, 1.807) is 0 Å². The Bertz CT molecular complexity index is 575. The summed E-state index contributed by atoms with van der Waals surface area (Å²) in [4.78, 5) is 0. The summed E-state index contributed by atoms with van der Waals surface area (Å²) in [7, 11) is 0. The standard InChI is InChI=1S/C18H20O2/c1-2-18(19,14-7-4-3-5-8-14)15-9-6-10-17(13-15)20-16-11-12-16/h3-10,13,16,19H,2,11-12H2,1H3. The fraction of sp³-hybridized carbons (Fsp3) is 0.333. The van der Waals surface area contributed by atoms with Crippen molar-refractivity contribution in [3.05, 3.63) is 65.7 Å². The molecule has 0 saturated heterocycles. The molecule has 2 aromatic rings. The van der Waals surface area contributed by atoms with Gasteiger partial charge in [-0.15, -0.1) is 0 Å². The minimum absolute atomic E-state index is 0.372. The Hall–Kier alpha value is -1.80. The molecule has 1 unspecified atom stereocenters. The number of hydrogen-bond donors (Lipinski definition) is 1. The predicted octanol–water partition coefficient (Wildman–Crippen LogP) is 3.87. The van der Waals surface area contributed by atoms with Crippen LogP contribution in [0.15, 0.2) is 54.6 Å². The molecule has 1 fully saturated rings. The van der Waals surface area contributed by atoms with Gasteiger partial charge in [-0.05, 0) is 42.5 Å². The summed E-state index contributed by atoms with van der Waals surface area (Å²) < 4.78 is 5.83. The van der Waals surface area contributed by atoms with Crippen molar-refractivity contribution in [2.75, 3.05) is 0 Å². The third-order valence-electron chi connectivity index (χ3n) is 3.90. The van der Waals surface area contributed by atoms with Crippen molar-refractivity contribution in [2.45, 2.75) is 37.9 Å². The number of aliphatic hydroxyl groups is 1. The Balaban J connectivity index is 1.95. The molecule has 1 N–H and O–H groups in total. The Morgan fingerprint density at radius 3 is 2.40 bits per heavy atom. The molecule has 104 valence electrons. The summed E-state index contributed by atoms with van der Waals surface area (Å²) in [6, 6.07) is 17.7. The maximum Gasteiger partial charge on any atom is 0.120 e. The molecule has 1 saturated carbocycles. The van der Waals surface area contributed by atoms with Gasteiger partial charge in [-0.3, -0.25) is 0 Å². The average molecular weight is 268 g/mol. The van der Waals surface area contributed by atoms with Gasteiger partial charge in [0.1, 0.15) is 11.4 Å². The van der Waals surface area contributed by atoms with Crippen LogP contribution in [0.4, 0.5) is 0 Å². The van der Waals surface area contributed by atoms with Crippen LogP contribution in [0.25, 0.3) is 0 Å². The van der Waals surface area contributed by atoms with Crippen molar-refractivity contribution in [3.63, 3.8) is 0 Å². The molecule has 0 radical (unpaired) electrons. The van der Waals surface area contributed by atoms with Gasteiger partial charge < -0.3 is 9.84 Å². The molecule has 3 rings (SSSR count). The SMILES string of the molecule is CCC(O)(c1ccccc1)c1cccc(OC2CC2)c1. The van der Waals surface area contributed by atoms with Crippen molar-refractivity contribution in [1.29, 1.82) is 0 Å². The summed E-state index contributed by atoms with van der Waals surface area (Å²) in [6.45, 7) is 2.00. The quantitative estimate of drug-likeness (QED) is 0.892. The van der Waals surface area contributed by atoms with E-state index in [4.69, 9.17) is 4.74 Å². The highest BCUT2D eigenvalue weighted by Crippen LogP contribution is 2.35. The minimum Gasteiger partial charge on any atom is -0.490 e. The molecule has 0 amide bonds. The summed E-state index contributed by atoms with van der Waals surface area (Å²) in [5, 5.41) is 11.1. The summed E-state index contributed by atoms with van der Waals surface area (Å²) >= 11 is 0. The largest absolute Gasteiger partial charge is 0.490 e. The summed E-state index contributed by atoms with van der Waals surface area (Å²) in [5.41, 5.74) is 0.861. The first-order chi connectivity index (χ1) is 9.72. The second kappa shape index (κ2) is 5.29. The first-order valence-corrected chi connectivity index (χ1v) is 7.27. The van der Waals surface area contributed by atoms with Gasteiger partial charge in [0.25, 0.3) is 0 Å². The molecule has 0 spiro atoms. The molecule has 0 aromatic heterocycles. The van der Waals surface area contributed by atoms with Gasteiger partial charge >= 0.3 is 0 Å². The van der Waals surface area contributed by atoms with Gasteiger partial charge in [0.15, 0.2) is 0 Å². The van der Waals surface area contributed by atoms with Crippen LogP contribution in [0.1, 0.15) is 37.3 Å². The molecule has 0 bridgehead atoms. The van der Waals surface area contributed by atoms with Gasteiger partial charge in [0.05, 0.1) is 6.10 Å². The van der Waals surface area contributed by atoms with E-state index in [1.807, 2.05) is 61.5 Å². The maximum absolute atomic E-state index is 11.1. The van der Waals surface area contributed by atoms with Crippen molar-refractivity contribution < 1.29 is 9.84 Å². The molecule has 1 atom stereocenters. The van der Waals surface area contributed by atoms with E-state index < -0.39 is 5.60 Å². The van der Waals surface area contributed by atoms with E-state index in [0.29, 0.717) is 12.5 Å². The Morgan fingerprint density at radius 2 is 1.75 bits per heavy atom. The molecule has 2 nitrogen and oxygen atoms in total. The number of rotatable bonds is 5. The van der Waals surface area contributed by atoms with Crippen LogP contribution in [0.3, 0.4) is 0 Å². The number of benzene rings is 2. The van der Waals surface area contributed by atoms with E-state index >= 15 is 0 Å². The Morgan fingerprint density at radius 1 is 1.05 bits per heavy atom. The van der Waals surface area contributed by atoms with Crippen molar-refractivity contribution in [3.8, 4) is 5.75 Å². The van der Waals surface area contributed by atoms with Gasteiger partial charge in [0, 0.05) is 0 Å². The molecule has 2 aromatic carbocycles. The lowest BCUT2D eigenvalue weighted by atomic mass is 9.84. The first-order valence-electron chi connectivity index (χ1n) is 7.27. The zero-order chi connectivity index (χ0) is 14.0. The van der Waals surface area contributed by atoms with Crippen LogP contribution in [0.2, 0.25) is 0 Å². The zero-order valence-corrected chi connectivity index (χ0v) is 11.8. The Labute approximate surface area is 120 Å². The number of hydrogen-bond acceptors (Lipinski definition) is 2. The molecular formula is C18H20O2. The molecule has 20 heavy (non-hydrogen) atoms. The van der Waals surface area contributed by atoms with Crippen LogP contribution >= 0.6 is 0 Å². The van der Waals surface area contributed by atoms with Crippen molar-refractivity contribution >= 4 is 0 Å². The van der Waals surface area contributed by atoms with Crippen LogP contribution in [-0.4, -0.2) is 11.2 Å². The third kappa shape index (κ3) is 2.56. The Kier molecular flexibility index (Phi) is 3.49. The smallest absolute Gasteiger partial charge is 0.120 e. The van der Waals surface area contributed by atoms with E-state index in [-0.39, 0.29) is 0 Å². The molecule has 1 aliphatic rings. The molecule has 1 aliphatic carbocycles. The van der Waals surface area contributed by atoms with E-state index in [2.05, 4.69) is 0 Å². The van der Waals surface area contributed by atoms with Crippen molar-refractivity contribution in [1.82, 2.24) is 0 Å². The fourth-order valence-corrected chi connectivity index (χ4v) is 2.49. The van der Waals surface area contributed by atoms with Gasteiger partial charge in [-0.1, -0.05) is 49.4 Å². The number of ether oxygens (including phenoxy) is 1. The normalized spacial score (nSPS) is 17.5. The first kappa shape index (κ1) is 13.2. The highest BCUT2D eigenvalue weighted by molar-refractivity contribution is 5.40. The highest BCUT2D eigenvalue weighted by Gasteiger charge is 2.30. The average Bonchev–Trinajstić information content (AvgIpc) is 3.31. The van der Waals surface area contributed by atoms with E-state index in [9.17, 15) is 5.11 Å².